The lowest BCUT2D eigenvalue weighted by molar-refractivity contribution is -0.152. The second-order valence-electron chi connectivity index (χ2n) is 5.09. The van der Waals surface area contributed by atoms with Gasteiger partial charge in [-0.1, -0.05) is 43.4 Å². The molecule has 2 atom stereocenters. The van der Waals surface area contributed by atoms with Crippen molar-refractivity contribution in [2.24, 2.45) is 11.3 Å². The van der Waals surface area contributed by atoms with Gasteiger partial charge < -0.3 is 5.11 Å². The summed E-state index contributed by atoms with van der Waals surface area (Å²) in [4.78, 5) is 11.5. The summed E-state index contributed by atoms with van der Waals surface area (Å²) in [6, 6.07) is 0. The third-order valence-corrected chi connectivity index (χ3v) is 4.15. The predicted molar refractivity (Wildman–Crippen MR) is 66.5 cm³/mol. The quantitative estimate of drug-likeness (QED) is 0.805. The highest BCUT2D eigenvalue weighted by Gasteiger charge is 2.42. The number of allylic oxidation sites excluding steroid dienone is 1. The van der Waals surface area contributed by atoms with Crippen LogP contribution in [0.1, 0.15) is 52.4 Å². The van der Waals surface area contributed by atoms with Gasteiger partial charge in [-0.2, -0.15) is 0 Å². The Morgan fingerprint density at radius 2 is 2.31 bits per heavy atom. The van der Waals surface area contributed by atoms with Crippen LogP contribution in [0.15, 0.2) is 11.1 Å². The summed E-state index contributed by atoms with van der Waals surface area (Å²) in [6.45, 7) is 4.06. The molecule has 0 aliphatic heterocycles. The Morgan fingerprint density at radius 1 is 1.62 bits per heavy atom. The van der Waals surface area contributed by atoms with Crippen LogP contribution in [0.4, 0.5) is 0 Å². The number of halogens is 1. The van der Waals surface area contributed by atoms with Gasteiger partial charge in [0.1, 0.15) is 0 Å². The number of hydrogen-bond donors (Lipinski definition) is 1. The smallest absolute Gasteiger partial charge is 0.309 e. The third kappa shape index (κ3) is 3.00. The summed E-state index contributed by atoms with van der Waals surface area (Å²) in [7, 11) is 0. The van der Waals surface area contributed by atoms with E-state index in [0.29, 0.717) is 12.3 Å². The topological polar surface area (TPSA) is 37.3 Å². The van der Waals surface area contributed by atoms with Crippen molar-refractivity contribution in [3.63, 3.8) is 0 Å². The molecule has 1 aliphatic carbocycles. The normalized spacial score (nSPS) is 31.4. The first-order chi connectivity index (χ1) is 7.54. The largest absolute Gasteiger partial charge is 0.481 e. The van der Waals surface area contributed by atoms with Gasteiger partial charge >= 0.3 is 5.97 Å². The molecule has 0 amide bonds. The zero-order valence-corrected chi connectivity index (χ0v) is 10.9. The van der Waals surface area contributed by atoms with Crippen molar-refractivity contribution in [2.45, 2.75) is 52.4 Å². The lowest BCUT2D eigenvalue weighted by Crippen LogP contribution is -2.36. The minimum Gasteiger partial charge on any atom is -0.481 e. The number of aliphatic carboxylic acids is 1. The van der Waals surface area contributed by atoms with E-state index < -0.39 is 11.4 Å². The molecule has 3 heteroatoms. The van der Waals surface area contributed by atoms with Crippen LogP contribution in [-0.2, 0) is 4.79 Å². The summed E-state index contributed by atoms with van der Waals surface area (Å²) in [5, 5.41) is 9.48. The Balaban J connectivity index is 2.83. The molecule has 2 nitrogen and oxygen atoms in total. The highest BCUT2D eigenvalue weighted by atomic mass is 35.5. The van der Waals surface area contributed by atoms with E-state index in [9.17, 15) is 9.90 Å². The number of rotatable bonds is 4. The molecule has 0 aromatic heterocycles. The molecule has 0 aromatic carbocycles. The molecule has 0 spiro atoms. The van der Waals surface area contributed by atoms with Gasteiger partial charge in [-0.05, 0) is 32.1 Å². The van der Waals surface area contributed by atoms with E-state index in [1.165, 1.54) is 12.0 Å². The first-order valence-electron chi connectivity index (χ1n) is 6.03. The molecule has 1 fully saturated rings. The van der Waals surface area contributed by atoms with Gasteiger partial charge in [0.05, 0.1) is 5.41 Å². The maximum Gasteiger partial charge on any atom is 0.309 e. The Bertz CT molecular complexity index is 286. The predicted octanol–water partition coefficient (Wildman–Crippen LogP) is 4.19. The molecule has 0 radical (unpaired) electrons. The average molecular weight is 245 g/mol. The molecule has 92 valence electrons. The number of carbonyl (C=O) groups is 1. The van der Waals surface area contributed by atoms with Crippen molar-refractivity contribution >= 4 is 17.6 Å². The van der Waals surface area contributed by atoms with Gasteiger partial charge in [0.15, 0.2) is 0 Å². The van der Waals surface area contributed by atoms with Crippen molar-refractivity contribution in [3.8, 4) is 0 Å². The maximum atomic E-state index is 11.5. The van der Waals surface area contributed by atoms with E-state index in [1.54, 1.807) is 0 Å². The first kappa shape index (κ1) is 13.6. The molecule has 2 unspecified atom stereocenters. The fraction of sp³-hybridized carbons (Fsp3) is 0.769. The second kappa shape index (κ2) is 5.72. The van der Waals surface area contributed by atoms with E-state index >= 15 is 0 Å². The Morgan fingerprint density at radius 3 is 2.81 bits per heavy atom. The highest BCUT2D eigenvalue weighted by molar-refractivity contribution is 6.25. The molecule has 1 saturated carbocycles. The fourth-order valence-electron chi connectivity index (χ4n) is 2.84. The highest BCUT2D eigenvalue weighted by Crippen LogP contribution is 2.45. The van der Waals surface area contributed by atoms with Crippen LogP contribution in [0.2, 0.25) is 0 Å². The van der Waals surface area contributed by atoms with Crippen LogP contribution in [0.25, 0.3) is 0 Å². The summed E-state index contributed by atoms with van der Waals surface area (Å²) in [5.41, 5.74) is 1.93. The molecule has 16 heavy (non-hydrogen) atoms. The molecule has 0 bridgehead atoms. The lowest BCUT2D eigenvalue weighted by Gasteiger charge is -2.37. The standard InChI is InChI=1S/C13H21ClO2/c1-3-11-5-4-6-13(8-11,12(15)16)7-10(2)9-14/h9,11H,3-8H2,1-2H3,(H,15,16). The molecular formula is C13H21ClO2. The van der Waals surface area contributed by atoms with Crippen molar-refractivity contribution in [3.05, 3.63) is 11.1 Å². The van der Waals surface area contributed by atoms with Gasteiger partial charge in [-0.15, -0.1) is 0 Å². The maximum absolute atomic E-state index is 11.5. The lowest BCUT2D eigenvalue weighted by atomic mass is 9.66. The summed E-state index contributed by atoms with van der Waals surface area (Å²) >= 11 is 5.65. The van der Waals surface area contributed by atoms with Gasteiger partial charge in [0.25, 0.3) is 0 Å². The van der Waals surface area contributed by atoms with Crippen LogP contribution < -0.4 is 0 Å². The Hall–Kier alpha value is -0.500. The second-order valence-corrected chi connectivity index (χ2v) is 5.31. The molecule has 1 rings (SSSR count). The number of carboxylic acids is 1. The summed E-state index contributed by atoms with van der Waals surface area (Å²) in [5.74, 6) is -0.0866. The first-order valence-corrected chi connectivity index (χ1v) is 6.47. The van der Waals surface area contributed by atoms with E-state index in [4.69, 9.17) is 11.6 Å². The van der Waals surface area contributed by atoms with E-state index in [2.05, 4.69) is 6.92 Å². The summed E-state index contributed by atoms with van der Waals surface area (Å²) in [6.07, 6.45) is 5.48. The zero-order chi connectivity index (χ0) is 12.2. The molecule has 1 N–H and O–H groups in total. The van der Waals surface area contributed by atoms with Gasteiger partial charge in [0, 0.05) is 5.54 Å². The molecule has 0 aromatic rings. The van der Waals surface area contributed by atoms with Crippen molar-refractivity contribution in [1.29, 1.82) is 0 Å². The Kier molecular flexibility index (Phi) is 4.85. The van der Waals surface area contributed by atoms with Crippen molar-refractivity contribution in [1.82, 2.24) is 0 Å². The van der Waals surface area contributed by atoms with Crippen LogP contribution in [0.3, 0.4) is 0 Å². The molecule has 0 saturated heterocycles. The van der Waals surface area contributed by atoms with Gasteiger partial charge in [0.2, 0.25) is 0 Å². The van der Waals surface area contributed by atoms with Gasteiger partial charge in [-0.25, -0.2) is 0 Å². The number of hydrogen-bond acceptors (Lipinski definition) is 1. The zero-order valence-electron chi connectivity index (χ0n) is 10.1. The average Bonchev–Trinajstić information content (AvgIpc) is 2.28. The number of carboxylic acid groups (broad SMARTS) is 1. The minimum absolute atomic E-state index is 0.561. The summed E-state index contributed by atoms with van der Waals surface area (Å²) < 4.78 is 0. The van der Waals surface area contributed by atoms with Crippen LogP contribution >= 0.6 is 11.6 Å². The molecule has 0 heterocycles. The van der Waals surface area contributed by atoms with E-state index in [0.717, 1.165) is 31.3 Å². The monoisotopic (exact) mass is 244 g/mol. The third-order valence-electron chi connectivity index (χ3n) is 3.78. The van der Waals surface area contributed by atoms with Crippen molar-refractivity contribution in [2.75, 3.05) is 0 Å². The fourth-order valence-corrected chi connectivity index (χ4v) is 2.91. The van der Waals surface area contributed by atoms with Crippen LogP contribution in [0, 0.1) is 11.3 Å². The molecular weight excluding hydrogens is 224 g/mol. The van der Waals surface area contributed by atoms with Crippen molar-refractivity contribution < 1.29 is 9.90 Å². The minimum atomic E-state index is -0.650. The van der Waals surface area contributed by atoms with Gasteiger partial charge in [-0.3, -0.25) is 4.79 Å². The SMILES string of the molecule is CCC1CCCC(CC(C)=CCl)(C(=O)O)C1. The van der Waals surface area contributed by atoms with E-state index in [-0.39, 0.29) is 0 Å². The Labute approximate surface area is 103 Å². The van der Waals surface area contributed by atoms with Crippen LogP contribution in [-0.4, -0.2) is 11.1 Å². The van der Waals surface area contributed by atoms with Crippen LogP contribution in [0.5, 0.6) is 0 Å². The molecule has 1 aliphatic rings. The van der Waals surface area contributed by atoms with E-state index in [1.807, 2.05) is 6.92 Å².